The molecule has 0 aliphatic rings. The van der Waals surface area contributed by atoms with Crippen molar-refractivity contribution < 1.29 is 9.21 Å². The molecular weight excluding hydrogens is 362 g/mol. The predicted molar refractivity (Wildman–Crippen MR) is 106 cm³/mol. The van der Waals surface area contributed by atoms with E-state index in [0.717, 1.165) is 16.7 Å². The molecule has 0 fully saturated rings. The van der Waals surface area contributed by atoms with Crippen LogP contribution in [0.15, 0.2) is 59.1 Å². The largest absolute Gasteiger partial charge is 0.434 e. The molecule has 2 aromatic carbocycles. The van der Waals surface area contributed by atoms with Crippen LogP contribution in [0, 0.1) is 13.8 Å². The van der Waals surface area contributed by atoms with Gasteiger partial charge in [-0.25, -0.2) is 4.98 Å². The zero-order valence-electron chi connectivity index (χ0n) is 14.8. The first-order valence-corrected chi connectivity index (χ1v) is 8.79. The lowest BCUT2D eigenvalue weighted by Crippen LogP contribution is -2.13. The van der Waals surface area contributed by atoms with E-state index in [1.807, 2.05) is 44.2 Å². The molecule has 4 rings (SSSR count). The molecule has 1 N–H and O–H groups in total. The van der Waals surface area contributed by atoms with Gasteiger partial charge in [-0.15, -0.1) is 0 Å². The fraction of sp³-hybridized carbons (Fsp3) is 0.0952. The third-order valence-corrected chi connectivity index (χ3v) is 4.74. The molecule has 0 atom stereocenters. The van der Waals surface area contributed by atoms with Gasteiger partial charge in [-0.3, -0.25) is 4.79 Å². The van der Waals surface area contributed by atoms with Crippen LogP contribution in [0.2, 0.25) is 5.02 Å². The number of anilines is 1. The Morgan fingerprint density at radius 3 is 2.67 bits per heavy atom. The van der Waals surface area contributed by atoms with Crippen LogP contribution in [0.1, 0.15) is 21.5 Å². The Balaban J connectivity index is 1.66. The lowest BCUT2D eigenvalue weighted by Gasteiger charge is -2.10. The maximum absolute atomic E-state index is 12.6. The molecular formula is C21H16ClN3O2. The number of carbonyl (C=O) groups excluding carboxylic acids is 1. The number of halogens is 1. The van der Waals surface area contributed by atoms with E-state index in [4.69, 9.17) is 16.0 Å². The average molecular weight is 378 g/mol. The van der Waals surface area contributed by atoms with Crippen molar-refractivity contribution in [1.29, 1.82) is 0 Å². The number of aromatic nitrogens is 2. The number of fused-ring (bicyclic) bond motifs is 1. The molecule has 2 aromatic heterocycles. The summed E-state index contributed by atoms with van der Waals surface area (Å²) in [6.07, 6.45) is 1.67. The van der Waals surface area contributed by atoms with Crippen LogP contribution in [-0.4, -0.2) is 15.9 Å². The van der Waals surface area contributed by atoms with Crippen molar-refractivity contribution in [2.45, 2.75) is 13.8 Å². The molecule has 0 unspecified atom stereocenters. The Kier molecular flexibility index (Phi) is 4.38. The van der Waals surface area contributed by atoms with Gasteiger partial charge in [0.15, 0.2) is 11.2 Å². The van der Waals surface area contributed by atoms with Gasteiger partial charge in [0.2, 0.25) is 5.89 Å². The molecule has 0 bridgehead atoms. The van der Waals surface area contributed by atoms with Gasteiger partial charge in [0.1, 0.15) is 0 Å². The lowest BCUT2D eigenvalue weighted by molar-refractivity contribution is 0.102. The van der Waals surface area contributed by atoms with Crippen molar-refractivity contribution in [2.75, 3.05) is 5.32 Å². The minimum absolute atomic E-state index is 0.226. The maximum atomic E-state index is 12.6. The minimum atomic E-state index is -0.226. The summed E-state index contributed by atoms with van der Waals surface area (Å²) in [6, 6.07) is 14.5. The molecule has 0 radical (unpaired) electrons. The Morgan fingerprint density at radius 2 is 1.89 bits per heavy atom. The third kappa shape index (κ3) is 3.41. The molecule has 0 saturated carbocycles. The number of aryl methyl sites for hydroxylation is 2. The molecule has 2 heterocycles. The number of hydrogen-bond acceptors (Lipinski definition) is 4. The number of oxazole rings is 1. The van der Waals surface area contributed by atoms with Gasteiger partial charge in [-0.05, 0) is 61.4 Å². The molecule has 0 aliphatic carbocycles. The summed E-state index contributed by atoms with van der Waals surface area (Å²) >= 11 is 6.13. The first-order valence-electron chi connectivity index (χ1n) is 8.41. The molecule has 134 valence electrons. The third-order valence-electron chi connectivity index (χ3n) is 4.33. The topological polar surface area (TPSA) is 68.0 Å². The number of hydrogen-bond donors (Lipinski definition) is 1. The second-order valence-corrected chi connectivity index (χ2v) is 6.70. The highest BCUT2D eigenvalue weighted by atomic mass is 35.5. The van der Waals surface area contributed by atoms with Crippen molar-refractivity contribution >= 4 is 34.4 Å². The average Bonchev–Trinajstić information content (AvgIpc) is 3.10. The monoisotopic (exact) mass is 377 g/mol. The minimum Gasteiger partial charge on any atom is -0.434 e. The van der Waals surface area contributed by atoms with Crippen LogP contribution in [-0.2, 0) is 0 Å². The fourth-order valence-corrected chi connectivity index (χ4v) is 2.89. The van der Waals surface area contributed by atoms with Crippen molar-refractivity contribution in [1.82, 2.24) is 9.97 Å². The summed E-state index contributed by atoms with van der Waals surface area (Å²) in [5, 5.41) is 3.50. The molecule has 0 saturated heterocycles. The van der Waals surface area contributed by atoms with E-state index in [2.05, 4.69) is 15.3 Å². The van der Waals surface area contributed by atoms with Gasteiger partial charge in [0.25, 0.3) is 5.91 Å². The lowest BCUT2D eigenvalue weighted by atomic mass is 10.1. The van der Waals surface area contributed by atoms with E-state index in [0.29, 0.717) is 33.4 Å². The molecule has 0 spiro atoms. The summed E-state index contributed by atoms with van der Waals surface area (Å²) in [5.74, 6) is 0.231. The smallest absolute Gasteiger partial charge is 0.255 e. The molecule has 5 nitrogen and oxygen atoms in total. The Hall–Kier alpha value is -3.18. The van der Waals surface area contributed by atoms with Crippen LogP contribution >= 0.6 is 11.6 Å². The second-order valence-electron chi connectivity index (χ2n) is 6.29. The van der Waals surface area contributed by atoms with E-state index in [1.54, 1.807) is 24.4 Å². The number of nitrogens with zero attached hydrogens (tertiary/aromatic N) is 2. The zero-order valence-corrected chi connectivity index (χ0v) is 15.5. The van der Waals surface area contributed by atoms with Crippen LogP contribution in [0.5, 0.6) is 0 Å². The molecule has 27 heavy (non-hydrogen) atoms. The molecule has 1 amide bonds. The summed E-state index contributed by atoms with van der Waals surface area (Å²) < 4.78 is 5.76. The number of rotatable bonds is 3. The van der Waals surface area contributed by atoms with E-state index in [9.17, 15) is 4.79 Å². The van der Waals surface area contributed by atoms with Gasteiger partial charge in [0.05, 0.1) is 0 Å². The summed E-state index contributed by atoms with van der Waals surface area (Å²) in [6.45, 7) is 3.82. The highest BCUT2D eigenvalue weighted by Gasteiger charge is 2.13. The van der Waals surface area contributed by atoms with Crippen molar-refractivity contribution in [3.63, 3.8) is 0 Å². The molecule has 6 heteroatoms. The van der Waals surface area contributed by atoms with Crippen molar-refractivity contribution in [3.8, 4) is 11.5 Å². The normalized spacial score (nSPS) is 10.9. The van der Waals surface area contributed by atoms with Crippen LogP contribution < -0.4 is 5.32 Å². The van der Waals surface area contributed by atoms with Gasteiger partial charge in [0, 0.05) is 28.0 Å². The quantitative estimate of drug-likeness (QED) is 0.518. The van der Waals surface area contributed by atoms with E-state index >= 15 is 0 Å². The van der Waals surface area contributed by atoms with Crippen molar-refractivity contribution in [3.05, 3.63) is 76.4 Å². The first kappa shape index (κ1) is 17.2. The number of benzene rings is 2. The fourth-order valence-electron chi connectivity index (χ4n) is 2.71. The highest BCUT2D eigenvalue weighted by molar-refractivity contribution is 6.31. The standard InChI is InChI=1S/C21H16ClN3O2/c1-12-5-7-14(10-16(12)22)20(26)24-17-11-15(8-6-13(17)2)21-25-19-18(27-21)4-3-9-23-19/h3-11H,1-2H3,(H,24,26). The number of carbonyl (C=O) groups is 1. The van der Waals surface area contributed by atoms with Gasteiger partial charge in [-0.1, -0.05) is 23.7 Å². The summed E-state index contributed by atoms with van der Waals surface area (Å²) in [7, 11) is 0. The Morgan fingerprint density at radius 1 is 1.07 bits per heavy atom. The summed E-state index contributed by atoms with van der Waals surface area (Å²) in [4.78, 5) is 21.2. The number of nitrogens with one attached hydrogen (secondary N) is 1. The Labute approximate surface area is 161 Å². The first-order chi connectivity index (χ1) is 13.0. The zero-order chi connectivity index (χ0) is 19.0. The van der Waals surface area contributed by atoms with Gasteiger partial charge in [-0.2, -0.15) is 4.98 Å². The van der Waals surface area contributed by atoms with Crippen molar-refractivity contribution in [2.24, 2.45) is 0 Å². The Bertz CT molecular complexity index is 1130. The highest BCUT2D eigenvalue weighted by Crippen LogP contribution is 2.28. The maximum Gasteiger partial charge on any atom is 0.255 e. The predicted octanol–water partition coefficient (Wildman–Crippen LogP) is 5.41. The summed E-state index contributed by atoms with van der Waals surface area (Å²) in [5.41, 5.74) is 4.97. The van der Waals surface area contributed by atoms with E-state index < -0.39 is 0 Å². The van der Waals surface area contributed by atoms with Gasteiger partial charge >= 0.3 is 0 Å². The molecule has 0 aliphatic heterocycles. The van der Waals surface area contributed by atoms with Crippen LogP contribution in [0.4, 0.5) is 5.69 Å². The molecule has 4 aromatic rings. The van der Waals surface area contributed by atoms with Crippen LogP contribution in [0.3, 0.4) is 0 Å². The number of pyridine rings is 1. The van der Waals surface area contributed by atoms with E-state index in [-0.39, 0.29) is 5.91 Å². The van der Waals surface area contributed by atoms with Gasteiger partial charge < -0.3 is 9.73 Å². The SMILES string of the molecule is Cc1ccc(C(=O)Nc2cc(-c3nc4ncccc4o3)ccc2C)cc1Cl. The van der Waals surface area contributed by atoms with Crippen LogP contribution in [0.25, 0.3) is 22.7 Å². The number of amides is 1. The van der Waals surface area contributed by atoms with E-state index in [1.165, 1.54) is 0 Å². The second kappa shape index (κ2) is 6.85.